The van der Waals surface area contributed by atoms with Gasteiger partial charge in [0.15, 0.2) is 5.82 Å². The molecule has 2 heterocycles. The van der Waals surface area contributed by atoms with Crippen LogP contribution in [0.4, 0.5) is 5.82 Å². The van der Waals surface area contributed by atoms with Gasteiger partial charge in [-0.1, -0.05) is 0 Å². The van der Waals surface area contributed by atoms with Crippen LogP contribution in [0.1, 0.15) is 22.6 Å². The molecule has 0 fully saturated rings. The predicted molar refractivity (Wildman–Crippen MR) is 62.5 cm³/mol. The Balaban J connectivity index is 2.65. The van der Waals surface area contributed by atoms with E-state index in [1.165, 1.54) is 10.9 Å². The molecule has 17 heavy (non-hydrogen) atoms. The van der Waals surface area contributed by atoms with Crippen molar-refractivity contribution in [1.82, 2.24) is 19.7 Å². The van der Waals surface area contributed by atoms with Gasteiger partial charge in [-0.3, -0.25) is 4.98 Å². The van der Waals surface area contributed by atoms with Crippen LogP contribution in [0.3, 0.4) is 0 Å². The zero-order valence-corrected chi connectivity index (χ0v) is 9.89. The van der Waals surface area contributed by atoms with Gasteiger partial charge in [0, 0.05) is 0 Å². The average Bonchev–Trinajstić information content (AvgIpc) is 2.65. The van der Waals surface area contributed by atoms with Crippen LogP contribution < -0.4 is 5.73 Å². The Hall–Kier alpha value is -2.42. The highest BCUT2D eigenvalue weighted by Gasteiger charge is 2.13. The van der Waals surface area contributed by atoms with Crippen LogP contribution in [-0.2, 0) is 0 Å². The summed E-state index contributed by atoms with van der Waals surface area (Å²) in [6, 6.07) is 1.97. The van der Waals surface area contributed by atoms with Crippen molar-refractivity contribution < 1.29 is 0 Å². The summed E-state index contributed by atoms with van der Waals surface area (Å²) in [5.74, 6) is 0.847. The molecule has 0 saturated heterocycles. The minimum Gasteiger partial charge on any atom is -0.382 e. The molecule has 0 atom stereocenters. The Kier molecular flexibility index (Phi) is 2.52. The molecule has 0 spiro atoms. The predicted octanol–water partition coefficient (Wildman–Crippen LogP) is 1.04. The van der Waals surface area contributed by atoms with E-state index in [-0.39, 0.29) is 5.82 Å². The van der Waals surface area contributed by atoms with E-state index < -0.39 is 0 Å². The second kappa shape index (κ2) is 3.87. The summed E-state index contributed by atoms with van der Waals surface area (Å²) in [5, 5.41) is 12.9. The molecular weight excluding hydrogens is 216 g/mol. The van der Waals surface area contributed by atoms with Crippen molar-refractivity contribution in [3.05, 3.63) is 28.8 Å². The largest absolute Gasteiger partial charge is 0.382 e. The Bertz CT molecular complexity index is 620. The first-order chi connectivity index (χ1) is 8.04. The van der Waals surface area contributed by atoms with Crippen molar-refractivity contribution in [3.8, 4) is 11.9 Å². The molecule has 6 heteroatoms. The van der Waals surface area contributed by atoms with E-state index in [2.05, 4.69) is 15.1 Å². The van der Waals surface area contributed by atoms with Crippen LogP contribution in [0, 0.1) is 32.1 Å². The van der Waals surface area contributed by atoms with Gasteiger partial charge in [0.2, 0.25) is 0 Å². The summed E-state index contributed by atoms with van der Waals surface area (Å²) in [6.07, 6.45) is 1.42. The molecule has 0 saturated carbocycles. The van der Waals surface area contributed by atoms with Gasteiger partial charge in [0.05, 0.1) is 23.3 Å². The van der Waals surface area contributed by atoms with Gasteiger partial charge in [0.1, 0.15) is 17.5 Å². The first-order valence-corrected chi connectivity index (χ1v) is 5.10. The van der Waals surface area contributed by atoms with E-state index in [0.717, 1.165) is 17.1 Å². The number of nitriles is 1. The zero-order chi connectivity index (χ0) is 12.6. The van der Waals surface area contributed by atoms with E-state index in [9.17, 15) is 0 Å². The zero-order valence-electron chi connectivity index (χ0n) is 9.89. The van der Waals surface area contributed by atoms with Gasteiger partial charge < -0.3 is 5.73 Å². The molecule has 2 N–H and O–H groups in total. The second-order valence-corrected chi connectivity index (χ2v) is 3.77. The summed E-state index contributed by atoms with van der Waals surface area (Å²) in [6.45, 7) is 5.60. The van der Waals surface area contributed by atoms with Gasteiger partial charge in [-0.15, -0.1) is 0 Å². The molecule has 0 aliphatic rings. The van der Waals surface area contributed by atoms with Crippen molar-refractivity contribution in [2.45, 2.75) is 20.8 Å². The highest BCUT2D eigenvalue weighted by Crippen LogP contribution is 2.17. The van der Waals surface area contributed by atoms with E-state index >= 15 is 0 Å². The number of anilines is 1. The Morgan fingerprint density at radius 3 is 2.41 bits per heavy atom. The molecule has 0 unspecified atom stereocenters. The molecule has 6 nitrogen and oxygen atoms in total. The van der Waals surface area contributed by atoms with Gasteiger partial charge in [-0.05, 0) is 20.8 Å². The molecule has 0 radical (unpaired) electrons. The van der Waals surface area contributed by atoms with Crippen LogP contribution in [-0.4, -0.2) is 19.7 Å². The third kappa shape index (κ3) is 1.72. The maximum absolute atomic E-state index is 8.83. The van der Waals surface area contributed by atoms with Crippen molar-refractivity contribution in [2.24, 2.45) is 0 Å². The molecule has 2 aromatic rings. The number of aromatic nitrogens is 4. The maximum Gasteiger partial charge on any atom is 0.177 e. The lowest BCUT2D eigenvalue weighted by Crippen LogP contribution is -2.10. The molecule has 0 aliphatic heterocycles. The fourth-order valence-electron chi connectivity index (χ4n) is 1.52. The molecule has 0 aromatic carbocycles. The Morgan fingerprint density at radius 2 is 1.82 bits per heavy atom. The van der Waals surface area contributed by atoms with E-state index in [1.54, 1.807) is 0 Å². The fraction of sp³-hybridized carbons (Fsp3) is 0.273. The third-order valence-electron chi connectivity index (χ3n) is 2.58. The van der Waals surface area contributed by atoms with E-state index in [1.807, 2.05) is 26.8 Å². The van der Waals surface area contributed by atoms with E-state index in [4.69, 9.17) is 11.0 Å². The van der Waals surface area contributed by atoms with Crippen LogP contribution in [0.5, 0.6) is 0 Å². The first-order valence-electron chi connectivity index (χ1n) is 5.10. The normalized spacial score (nSPS) is 10.2. The number of hydrogen-bond acceptors (Lipinski definition) is 5. The SMILES string of the molecule is Cc1nc(C)c(-n2ncc(C#N)c2N)nc1C. The first kappa shape index (κ1) is 11.1. The topological polar surface area (TPSA) is 93.4 Å². The maximum atomic E-state index is 8.83. The highest BCUT2D eigenvalue weighted by atomic mass is 15.3. The van der Waals surface area contributed by atoms with Crippen molar-refractivity contribution in [2.75, 3.05) is 5.73 Å². The van der Waals surface area contributed by atoms with Crippen LogP contribution in [0.25, 0.3) is 5.82 Å². The molecular formula is C11H12N6. The minimum absolute atomic E-state index is 0.285. The number of rotatable bonds is 1. The lowest BCUT2D eigenvalue weighted by atomic mass is 10.3. The van der Waals surface area contributed by atoms with E-state index in [0.29, 0.717) is 11.4 Å². The van der Waals surface area contributed by atoms with Crippen LogP contribution >= 0.6 is 0 Å². The van der Waals surface area contributed by atoms with Gasteiger partial charge in [-0.25, -0.2) is 4.98 Å². The Labute approximate surface area is 98.7 Å². The quantitative estimate of drug-likeness (QED) is 0.787. The number of nitrogen functional groups attached to an aromatic ring is 1. The summed E-state index contributed by atoms with van der Waals surface area (Å²) in [4.78, 5) is 8.76. The Morgan fingerprint density at radius 1 is 1.18 bits per heavy atom. The number of nitrogens with zero attached hydrogens (tertiary/aromatic N) is 5. The summed E-state index contributed by atoms with van der Waals surface area (Å²) >= 11 is 0. The number of nitrogens with two attached hydrogens (primary N) is 1. The minimum atomic E-state index is 0.285. The summed E-state index contributed by atoms with van der Waals surface area (Å²) in [7, 11) is 0. The summed E-state index contributed by atoms with van der Waals surface area (Å²) in [5.41, 5.74) is 8.57. The second-order valence-electron chi connectivity index (χ2n) is 3.77. The lowest BCUT2D eigenvalue weighted by Gasteiger charge is -2.08. The smallest absolute Gasteiger partial charge is 0.177 e. The molecule has 0 aliphatic carbocycles. The molecule has 2 rings (SSSR count). The summed E-state index contributed by atoms with van der Waals surface area (Å²) < 4.78 is 1.44. The van der Waals surface area contributed by atoms with Gasteiger partial charge in [0.25, 0.3) is 0 Å². The third-order valence-corrected chi connectivity index (χ3v) is 2.58. The van der Waals surface area contributed by atoms with Crippen LogP contribution in [0.2, 0.25) is 0 Å². The molecule has 0 bridgehead atoms. The van der Waals surface area contributed by atoms with Crippen LogP contribution in [0.15, 0.2) is 6.20 Å². The monoisotopic (exact) mass is 228 g/mol. The number of aryl methyl sites for hydroxylation is 3. The highest BCUT2D eigenvalue weighted by molar-refractivity contribution is 5.52. The van der Waals surface area contributed by atoms with Crippen molar-refractivity contribution in [1.29, 1.82) is 5.26 Å². The molecule has 0 amide bonds. The molecule has 2 aromatic heterocycles. The van der Waals surface area contributed by atoms with Gasteiger partial charge in [-0.2, -0.15) is 15.0 Å². The van der Waals surface area contributed by atoms with Gasteiger partial charge >= 0.3 is 0 Å². The molecule has 86 valence electrons. The fourth-order valence-corrected chi connectivity index (χ4v) is 1.52. The number of hydrogen-bond donors (Lipinski definition) is 1. The van der Waals surface area contributed by atoms with Crippen molar-refractivity contribution in [3.63, 3.8) is 0 Å². The van der Waals surface area contributed by atoms with Crippen molar-refractivity contribution >= 4 is 5.82 Å². The standard InChI is InChI=1S/C11H12N6/c1-6-7(2)16-11(8(3)15-6)17-10(13)9(4-12)5-14-17/h5H,13H2,1-3H3. The lowest BCUT2D eigenvalue weighted by molar-refractivity contribution is 0.817. The average molecular weight is 228 g/mol.